The summed E-state index contributed by atoms with van der Waals surface area (Å²) in [5.41, 5.74) is 2.16. The molecule has 1 aromatic heterocycles. The standard InChI is InChI=1S/C21H23BrN4O2S/c1-3-26-19(13-23-20(27)12-15-6-10-18(28-2)11-7-15)24-25-21(26)29-14-16-4-8-17(22)9-5-16/h4-11H,3,12-14H2,1-2H3,(H,23,27). The number of rotatable bonds is 9. The van der Waals surface area contributed by atoms with Crippen LogP contribution in [0.2, 0.25) is 0 Å². The maximum atomic E-state index is 12.3. The fourth-order valence-electron chi connectivity index (χ4n) is 2.77. The van der Waals surface area contributed by atoms with Gasteiger partial charge in [-0.05, 0) is 42.3 Å². The average molecular weight is 475 g/mol. The van der Waals surface area contributed by atoms with E-state index in [1.54, 1.807) is 18.9 Å². The maximum Gasteiger partial charge on any atom is 0.224 e. The summed E-state index contributed by atoms with van der Waals surface area (Å²) in [5, 5.41) is 12.4. The number of halogens is 1. The minimum atomic E-state index is -0.0510. The van der Waals surface area contributed by atoms with Gasteiger partial charge in [0.1, 0.15) is 5.75 Å². The van der Waals surface area contributed by atoms with Gasteiger partial charge in [0.05, 0.1) is 20.1 Å². The van der Waals surface area contributed by atoms with Crippen molar-refractivity contribution in [2.75, 3.05) is 7.11 Å². The van der Waals surface area contributed by atoms with Crippen LogP contribution in [0, 0.1) is 0 Å². The number of benzene rings is 2. The van der Waals surface area contributed by atoms with Gasteiger partial charge in [0.25, 0.3) is 0 Å². The van der Waals surface area contributed by atoms with Crippen LogP contribution in [-0.4, -0.2) is 27.8 Å². The molecule has 29 heavy (non-hydrogen) atoms. The molecule has 8 heteroatoms. The molecule has 1 N–H and O–H groups in total. The van der Waals surface area contributed by atoms with Crippen LogP contribution in [0.25, 0.3) is 0 Å². The quantitative estimate of drug-likeness (QED) is 0.470. The fourth-order valence-corrected chi connectivity index (χ4v) is 4.01. The Labute approximate surface area is 183 Å². The highest BCUT2D eigenvalue weighted by molar-refractivity contribution is 9.10. The van der Waals surface area contributed by atoms with E-state index in [9.17, 15) is 4.79 Å². The van der Waals surface area contributed by atoms with Crippen molar-refractivity contribution in [1.29, 1.82) is 0 Å². The molecular weight excluding hydrogens is 452 g/mol. The van der Waals surface area contributed by atoms with Gasteiger partial charge in [-0.15, -0.1) is 10.2 Å². The molecule has 0 saturated carbocycles. The molecule has 1 heterocycles. The van der Waals surface area contributed by atoms with Crippen molar-refractivity contribution in [3.05, 3.63) is 70.0 Å². The molecule has 0 aliphatic rings. The van der Waals surface area contributed by atoms with Crippen LogP contribution in [-0.2, 0) is 30.1 Å². The van der Waals surface area contributed by atoms with Gasteiger partial charge >= 0.3 is 0 Å². The van der Waals surface area contributed by atoms with Crippen molar-refractivity contribution in [3.63, 3.8) is 0 Å². The zero-order chi connectivity index (χ0) is 20.6. The van der Waals surface area contributed by atoms with E-state index >= 15 is 0 Å². The molecule has 0 spiro atoms. The predicted molar refractivity (Wildman–Crippen MR) is 118 cm³/mol. The van der Waals surface area contributed by atoms with Crippen molar-refractivity contribution in [1.82, 2.24) is 20.1 Å². The largest absolute Gasteiger partial charge is 0.497 e. The first-order valence-corrected chi connectivity index (χ1v) is 11.1. The minimum Gasteiger partial charge on any atom is -0.497 e. The topological polar surface area (TPSA) is 69.0 Å². The van der Waals surface area contributed by atoms with Gasteiger partial charge < -0.3 is 14.6 Å². The molecule has 1 amide bonds. The lowest BCUT2D eigenvalue weighted by Crippen LogP contribution is -2.26. The van der Waals surface area contributed by atoms with Gasteiger partial charge in [-0.25, -0.2) is 0 Å². The number of aromatic nitrogens is 3. The first kappa shape index (κ1) is 21.4. The highest BCUT2D eigenvalue weighted by atomic mass is 79.9. The van der Waals surface area contributed by atoms with Crippen LogP contribution in [0.5, 0.6) is 5.75 Å². The van der Waals surface area contributed by atoms with Crippen LogP contribution in [0.1, 0.15) is 23.9 Å². The molecule has 0 aliphatic heterocycles. The summed E-state index contributed by atoms with van der Waals surface area (Å²) >= 11 is 5.09. The van der Waals surface area contributed by atoms with Crippen LogP contribution in [0.4, 0.5) is 0 Å². The Morgan fingerprint density at radius 2 is 1.79 bits per heavy atom. The monoisotopic (exact) mass is 474 g/mol. The van der Waals surface area contributed by atoms with Crippen molar-refractivity contribution in [2.24, 2.45) is 0 Å². The molecule has 6 nitrogen and oxygen atoms in total. The summed E-state index contributed by atoms with van der Waals surface area (Å²) in [5.74, 6) is 2.30. The van der Waals surface area contributed by atoms with E-state index in [4.69, 9.17) is 4.74 Å². The number of nitrogens with zero attached hydrogens (tertiary/aromatic N) is 3. The molecule has 3 aromatic rings. The molecule has 0 aliphatic carbocycles. The SMILES string of the molecule is CCn1c(CNC(=O)Cc2ccc(OC)cc2)nnc1SCc1ccc(Br)cc1. The van der Waals surface area contributed by atoms with E-state index in [1.165, 1.54) is 5.56 Å². The summed E-state index contributed by atoms with van der Waals surface area (Å²) < 4.78 is 8.24. The first-order valence-electron chi connectivity index (χ1n) is 9.28. The molecule has 0 bridgehead atoms. The molecule has 3 rings (SSSR count). The maximum absolute atomic E-state index is 12.3. The van der Waals surface area contributed by atoms with E-state index in [-0.39, 0.29) is 5.91 Å². The second kappa shape index (κ2) is 10.5. The second-order valence-corrected chi connectivity index (χ2v) is 8.22. The Morgan fingerprint density at radius 3 is 2.45 bits per heavy atom. The van der Waals surface area contributed by atoms with E-state index in [0.717, 1.165) is 39.1 Å². The molecule has 0 unspecified atom stereocenters. The summed E-state index contributed by atoms with van der Waals surface area (Å²) in [6.07, 6.45) is 0.315. The number of methoxy groups -OCH3 is 1. The van der Waals surface area contributed by atoms with Gasteiger partial charge in [0.2, 0.25) is 5.91 Å². The van der Waals surface area contributed by atoms with Crippen molar-refractivity contribution in [3.8, 4) is 5.75 Å². The third-order valence-electron chi connectivity index (χ3n) is 4.36. The van der Waals surface area contributed by atoms with Gasteiger partial charge in [0.15, 0.2) is 11.0 Å². The summed E-state index contributed by atoms with van der Waals surface area (Å²) in [4.78, 5) is 12.3. The lowest BCUT2D eigenvalue weighted by atomic mass is 10.1. The Kier molecular flexibility index (Phi) is 7.71. The van der Waals surface area contributed by atoms with Gasteiger partial charge in [-0.1, -0.05) is 52.0 Å². The molecular formula is C21H23BrN4O2S. The van der Waals surface area contributed by atoms with E-state index < -0.39 is 0 Å². The average Bonchev–Trinajstić information content (AvgIpc) is 3.14. The lowest BCUT2D eigenvalue weighted by Gasteiger charge is -2.09. The molecule has 2 aromatic carbocycles. The summed E-state index contributed by atoms with van der Waals surface area (Å²) in [6.45, 7) is 3.16. The van der Waals surface area contributed by atoms with Crippen LogP contribution < -0.4 is 10.1 Å². The van der Waals surface area contributed by atoms with Gasteiger partial charge in [0, 0.05) is 16.8 Å². The van der Waals surface area contributed by atoms with E-state index in [2.05, 4.69) is 50.5 Å². The Bertz CT molecular complexity index is 942. The molecule has 152 valence electrons. The molecule has 0 fully saturated rings. The normalized spacial score (nSPS) is 10.7. The third kappa shape index (κ3) is 6.08. The number of hydrogen-bond donors (Lipinski definition) is 1. The van der Waals surface area contributed by atoms with Crippen molar-refractivity contribution >= 4 is 33.6 Å². The zero-order valence-electron chi connectivity index (χ0n) is 16.4. The van der Waals surface area contributed by atoms with Gasteiger partial charge in [-0.3, -0.25) is 4.79 Å². The van der Waals surface area contributed by atoms with Crippen molar-refractivity contribution < 1.29 is 9.53 Å². The molecule has 0 saturated heterocycles. The predicted octanol–water partition coefficient (Wildman–Crippen LogP) is 4.22. The molecule has 0 atom stereocenters. The number of carbonyl (C=O) groups is 1. The minimum absolute atomic E-state index is 0.0510. The number of nitrogens with one attached hydrogen (secondary N) is 1. The first-order chi connectivity index (χ1) is 14.1. The number of thioether (sulfide) groups is 1. The van der Waals surface area contributed by atoms with Crippen LogP contribution >= 0.6 is 27.7 Å². The Balaban J connectivity index is 1.54. The number of amides is 1. The van der Waals surface area contributed by atoms with Crippen molar-refractivity contribution in [2.45, 2.75) is 37.3 Å². The highest BCUT2D eigenvalue weighted by Gasteiger charge is 2.13. The van der Waals surface area contributed by atoms with Gasteiger partial charge in [-0.2, -0.15) is 0 Å². The second-order valence-electron chi connectivity index (χ2n) is 6.36. The fraction of sp³-hybridized carbons (Fsp3) is 0.286. The number of carbonyl (C=O) groups excluding carboxylic acids is 1. The van der Waals surface area contributed by atoms with E-state index in [1.807, 2.05) is 41.0 Å². The van der Waals surface area contributed by atoms with Crippen LogP contribution in [0.3, 0.4) is 0 Å². The highest BCUT2D eigenvalue weighted by Crippen LogP contribution is 2.23. The Hall–Kier alpha value is -2.32. The van der Waals surface area contributed by atoms with Crippen LogP contribution in [0.15, 0.2) is 58.2 Å². The summed E-state index contributed by atoms with van der Waals surface area (Å²) in [6, 6.07) is 15.7. The third-order valence-corrected chi connectivity index (χ3v) is 5.92. The zero-order valence-corrected chi connectivity index (χ0v) is 18.8. The number of hydrogen-bond acceptors (Lipinski definition) is 5. The smallest absolute Gasteiger partial charge is 0.224 e. The molecule has 0 radical (unpaired) electrons. The van der Waals surface area contributed by atoms with E-state index in [0.29, 0.717) is 13.0 Å². The summed E-state index contributed by atoms with van der Waals surface area (Å²) in [7, 11) is 1.62. The number of ether oxygens (including phenoxy) is 1. The Morgan fingerprint density at radius 1 is 1.10 bits per heavy atom. The lowest BCUT2D eigenvalue weighted by molar-refractivity contribution is -0.120.